The Morgan fingerprint density at radius 1 is 1.07 bits per heavy atom. The summed E-state index contributed by atoms with van der Waals surface area (Å²) in [5.41, 5.74) is 3.63. The summed E-state index contributed by atoms with van der Waals surface area (Å²) < 4.78 is 1.77. The number of hydrogen-bond donors (Lipinski definition) is 0. The van der Waals surface area contributed by atoms with Crippen molar-refractivity contribution < 1.29 is 0 Å². The van der Waals surface area contributed by atoms with Crippen LogP contribution in [-0.2, 0) is 13.0 Å². The van der Waals surface area contributed by atoms with Gasteiger partial charge in [0.05, 0.1) is 18.3 Å². The lowest BCUT2D eigenvalue weighted by atomic mass is 9.96. The number of nitrogens with zero attached hydrogens (tertiary/aromatic N) is 6. The topological polar surface area (TPSA) is 80.3 Å². The standard InChI is InChI=1S/C23H21ClN6/c1-15(2)11-20-26-21(19(13-25)17-9-6-10-18(24)12-17)22-23(27-20)30(29-28-22)14-16-7-4-3-5-8-16/h3-10,12,15,19H,11,14H2,1-2H3/t19-/m0/s1. The van der Waals surface area contributed by atoms with E-state index in [2.05, 4.69) is 30.2 Å². The van der Waals surface area contributed by atoms with Crippen molar-refractivity contribution in [3.05, 3.63) is 82.3 Å². The molecule has 2 aromatic heterocycles. The molecule has 4 rings (SSSR count). The van der Waals surface area contributed by atoms with Crippen molar-refractivity contribution in [2.45, 2.75) is 32.7 Å². The highest BCUT2D eigenvalue weighted by molar-refractivity contribution is 6.30. The lowest BCUT2D eigenvalue weighted by molar-refractivity contribution is 0.615. The second kappa shape index (κ2) is 8.60. The van der Waals surface area contributed by atoms with Crippen molar-refractivity contribution in [2.24, 2.45) is 5.92 Å². The van der Waals surface area contributed by atoms with E-state index in [9.17, 15) is 5.26 Å². The minimum atomic E-state index is -0.609. The first kappa shape index (κ1) is 20.0. The number of halogens is 1. The highest BCUT2D eigenvalue weighted by Crippen LogP contribution is 2.29. The molecular weight excluding hydrogens is 396 g/mol. The van der Waals surface area contributed by atoms with Crippen molar-refractivity contribution >= 4 is 22.8 Å². The first-order valence-corrected chi connectivity index (χ1v) is 10.2. The maximum Gasteiger partial charge on any atom is 0.182 e. The van der Waals surface area contributed by atoms with Gasteiger partial charge in [0, 0.05) is 11.4 Å². The van der Waals surface area contributed by atoms with Gasteiger partial charge in [-0.2, -0.15) is 5.26 Å². The van der Waals surface area contributed by atoms with Gasteiger partial charge in [-0.3, -0.25) is 0 Å². The van der Waals surface area contributed by atoms with Gasteiger partial charge < -0.3 is 0 Å². The predicted molar refractivity (Wildman–Crippen MR) is 116 cm³/mol. The first-order valence-electron chi connectivity index (χ1n) is 9.84. The quantitative estimate of drug-likeness (QED) is 0.452. The fourth-order valence-corrected chi connectivity index (χ4v) is 3.62. The van der Waals surface area contributed by atoms with Crippen LogP contribution in [0.1, 0.15) is 42.4 Å². The maximum atomic E-state index is 9.99. The predicted octanol–water partition coefficient (Wildman–Crippen LogP) is 4.78. The molecule has 0 spiro atoms. The van der Waals surface area contributed by atoms with Gasteiger partial charge in [0.1, 0.15) is 11.7 Å². The van der Waals surface area contributed by atoms with E-state index in [1.54, 1.807) is 16.8 Å². The Balaban J connectivity index is 1.86. The largest absolute Gasteiger partial charge is 0.234 e. The fourth-order valence-electron chi connectivity index (χ4n) is 3.42. The minimum absolute atomic E-state index is 0.375. The molecule has 0 bridgehead atoms. The first-order chi connectivity index (χ1) is 14.5. The van der Waals surface area contributed by atoms with Gasteiger partial charge in [-0.05, 0) is 29.2 Å². The van der Waals surface area contributed by atoms with Crippen LogP contribution in [0.5, 0.6) is 0 Å². The number of nitriles is 1. The Bertz CT molecular complexity index is 1210. The molecule has 30 heavy (non-hydrogen) atoms. The number of fused-ring (bicyclic) bond motifs is 1. The molecule has 0 N–H and O–H groups in total. The van der Waals surface area contributed by atoms with Crippen LogP contribution in [0.4, 0.5) is 0 Å². The Kier molecular flexibility index (Phi) is 5.73. The molecule has 7 heteroatoms. The molecule has 0 saturated heterocycles. The molecule has 0 radical (unpaired) electrons. The van der Waals surface area contributed by atoms with Crippen molar-refractivity contribution in [3.63, 3.8) is 0 Å². The van der Waals surface area contributed by atoms with Crippen LogP contribution in [-0.4, -0.2) is 25.0 Å². The Morgan fingerprint density at radius 3 is 2.57 bits per heavy atom. The van der Waals surface area contributed by atoms with E-state index in [1.165, 1.54) is 0 Å². The van der Waals surface area contributed by atoms with Gasteiger partial charge >= 0.3 is 0 Å². The molecule has 0 saturated carbocycles. The van der Waals surface area contributed by atoms with E-state index in [-0.39, 0.29) is 0 Å². The molecule has 0 aliphatic heterocycles. The van der Waals surface area contributed by atoms with E-state index >= 15 is 0 Å². The van der Waals surface area contributed by atoms with Crippen LogP contribution in [0.2, 0.25) is 5.02 Å². The summed E-state index contributed by atoms with van der Waals surface area (Å²) in [6.07, 6.45) is 0.702. The Morgan fingerprint density at radius 2 is 1.87 bits per heavy atom. The lowest BCUT2D eigenvalue weighted by Crippen LogP contribution is -2.10. The van der Waals surface area contributed by atoms with Gasteiger partial charge in [-0.25, -0.2) is 14.6 Å². The second-order valence-electron chi connectivity index (χ2n) is 7.65. The van der Waals surface area contributed by atoms with Crippen molar-refractivity contribution in [1.29, 1.82) is 5.26 Å². The highest BCUT2D eigenvalue weighted by Gasteiger charge is 2.24. The Hall–Kier alpha value is -3.30. The van der Waals surface area contributed by atoms with Crippen LogP contribution in [0.15, 0.2) is 54.6 Å². The lowest BCUT2D eigenvalue weighted by Gasteiger charge is -2.12. The molecule has 2 heterocycles. The van der Waals surface area contributed by atoms with Gasteiger partial charge in [0.2, 0.25) is 0 Å². The molecule has 0 aliphatic rings. The van der Waals surface area contributed by atoms with Crippen molar-refractivity contribution in [1.82, 2.24) is 25.0 Å². The van der Waals surface area contributed by atoms with Crippen molar-refractivity contribution in [2.75, 3.05) is 0 Å². The summed E-state index contributed by atoms with van der Waals surface area (Å²) in [7, 11) is 0. The third-order valence-corrected chi connectivity index (χ3v) is 5.02. The maximum absolute atomic E-state index is 9.99. The minimum Gasteiger partial charge on any atom is -0.234 e. The van der Waals surface area contributed by atoms with E-state index < -0.39 is 5.92 Å². The molecule has 6 nitrogen and oxygen atoms in total. The average Bonchev–Trinajstić information content (AvgIpc) is 3.12. The van der Waals surface area contributed by atoms with Gasteiger partial charge in [0.25, 0.3) is 0 Å². The fraction of sp³-hybridized carbons (Fsp3) is 0.261. The second-order valence-corrected chi connectivity index (χ2v) is 8.08. The zero-order valence-electron chi connectivity index (χ0n) is 16.8. The highest BCUT2D eigenvalue weighted by atomic mass is 35.5. The average molecular weight is 417 g/mol. The molecular formula is C23H21ClN6. The number of benzene rings is 2. The van der Waals surface area contributed by atoms with E-state index in [1.807, 2.05) is 42.5 Å². The van der Waals surface area contributed by atoms with E-state index in [0.717, 1.165) is 11.1 Å². The summed E-state index contributed by atoms with van der Waals surface area (Å²) >= 11 is 6.17. The van der Waals surface area contributed by atoms with E-state index in [0.29, 0.717) is 46.6 Å². The number of aromatic nitrogens is 5. The smallest absolute Gasteiger partial charge is 0.182 e. The molecule has 0 aliphatic carbocycles. The molecule has 0 unspecified atom stereocenters. The third kappa shape index (κ3) is 4.17. The van der Waals surface area contributed by atoms with Crippen LogP contribution in [0.3, 0.4) is 0 Å². The SMILES string of the molecule is CC(C)Cc1nc([C@@H](C#N)c2cccc(Cl)c2)c2nnn(Cc3ccccc3)c2n1. The molecule has 2 aromatic carbocycles. The zero-order valence-corrected chi connectivity index (χ0v) is 17.6. The van der Waals surface area contributed by atoms with Crippen LogP contribution < -0.4 is 0 Å². The monoisotopic (exact) mass is 416 g/mol. The van der Waals surface area contributed by atoms with Crippen LogP contribution in [0.25, 0.3) is 11.2 Å². The van der Waals surface area contributed by atoms with E-state index in [4.69, 9.17) is 21.6 Å². The zero-order chi connectivity index (χ0) is 21.1. The Labute approximate surface area is 180 Å². The summed E-state index contributed by atoms with van der Waals surface area (Å²) in [6.45, 7) is 4.78. The summed E-state index contributed by atoms with van der Waals surface area (Å²) in [4.78, 5) is 9.50. The molecule has 4 aromatic rings. The normalized spacial score (nSPS) is 12.2. The van der Waals surface area contributed by atoms with Gasteiger partial charge in [-0.1, -0.05) is 73.1 Å². The summed E-state index contributed by atoms with van der Waals surface area (Å²) in [6, 6.07) is 19.7. The third-order valence-electron chi connectivity index (χ3n) is 4.79. The molecule has 1 atom stereocenters. The van der Waals surface area contributed by atoms with Gasteiger partial charge in [0.15, 0.2) is 11.2 Å². The van der Waals surface area contributed by atoms with Gasteiger partial charge in [-0.15, -0.1) is 5.10 Å². The number of hydrogen-bond acceptors (Lipinski definition) is 5. The van der Waals surface area contributed by atoms with Crippen molar-refractivity contribution in [3.8, 4) is 6.07 Å². The summed E-state index contributed by atoms with van der Waals surface area (Å²) in [5, 5.41) is 19.3. The molecule has 0 fully saturated rings. The summed E-state index contributed by atoms with van der Waals surface area (Å²) in [5.74, 6) is 0.453. The van der Waals surface area contributed by atoms with Crippen LogP contribution in [0, 0.1) is 17.2 Å². The molecule has 150 valence electrons. The molecule has 0 amide bonds. The van der Waals surface area contributed by atoms with Crippen LogP contribution >= 0.6 is 11.6 Å². The number of rotatable bonds is 6.